The van der Waals surface area contributed by atoms with Crippen LogP contribution in [0.2, 0.25) is 0 Å². The molecule has 130 valence electrons. The third kappa shape index (κ3) is 5.08. The molecular formula is C17H27Cl2N3O. The van der Waals surface area contributed by atoms with E-state index in [-0.39, 0.29) is 36.8 Å². The second-order valence-electron chi connectivity index (χ2n) is 6.20. The number of halogens is 2. The van der Waals surface area contributed by atoms with Gasteiger partial charge in [-0.1, -0.05) is 24.3 Å². The monoisotopic (exact) mass is 359 g/mol. The summed E-state index contributed by atoms with van der Waals surface area (Å²) in [5.74, 6) is 0.156. The minimum atomic E-state index is -0.0558. The van der Waals surface area contributed by atoms with Gasteiger partial charge in [0, 0.05) is 25.7 Å². The SMILES string of the molecule is CC(C(=O)NCC1CCCN1)N1CCc2ccccc2C1.Cl.Cl. The number of carbonyl (C=O) groups is 1. The molecule has 1 saturated heterocycles. The Kier molecular flexibility index (Phi) is 8.34. The van der Waals surface area contributed by atoms with Crippen molar-refractivity contribution in [2.24, 2.45) is 0 Å². The average Bonchev–Trinajstić information content (AvgIpc) is 3.05. The van der Waals surface area contributed by atoms with Crippen molar-refractivity contribution in [3.05, 3.63) is 35.4 Å². The van der Waals surface area contributed by atoms with Gasteiger partial charge in [-0.05, 0) is 43.9 Å². The van der Waals surface area contributed by atoms with Gasteiger partial charge < -0.3 is 10.6 Å². The predicted molar refractivity (Wildman–Crippen MR) is 98.5 cm³/mol. The number of benzene rings is 1. The van der Waals surface area contributed by atoms with Crippen LogP contribution in [0.1, 0.15) is 30.9 Å². The summed E-state index contributed by atoms with van der Waals surface area (Å²) >= 11 is 0. The third-order valence-electron chi connectivity index (χ3n) is 4.77. The van der Waals surface area contributed by atoms with Crippen molar-refractivity contribution in [3.8, 4) is 0 Å². The van der Waals surface area contributed by atoms with E-state index in [9.17, 15) is 4.79 Å². The van der Waals surface area contributed by atoms with Gasteiger partial charge >= 0.3 is 0 Å². The first kappa shape index (κ1) is 20.2. The highest BCUT2D eigenvalue weighted by Gasteiger charge is 2.25. The van der Waals surface area contributed by atoms with Crippen molar-refractivity contribution < 1.29 is 4.79 Å². The normalized spacial score (nSPS) is 21.5. The molecule has 3 rings (SSSR count). The molecule has 2 aliphatic rings. The molecule has 1 amide bonds. The summed E-state index contributed by atoms with van der Waals surface area (Å²) in [6.07, 6.45) is 3.43. The molecule has 0 aromatic heterocycles. The van der Waals surface area contributed by atoms with Crippen LogP contribution < -0.4 is 10.6 Å². The fourth-order valence-electron chi connectivity index (χ4n) is 3.32. The van der Waals surface area contributed by atoms with E-state index in [4.69, 9.17) is 0 Å². The maximum Gasteiger partial charge on any atom is 0.237 e. The number of amides is 1. The van der Waals surface area contributed by atoms with Crippen molar-refractivity contribution in [2.45, 2.75) is 44.8 Å². The van der Waals surface area contributed by atoms with Gasteiger partial charge in [0.2, 0.25) is 5.91 Å². The summed E-state index contributed by atoms with van der Waals surface area (Å²) in [7, 11) is 0. The first-order chi connectivity index (χ1) is 10.2. The summed E-state index contributed by atoms with van der Waals surface area (Å²) in [5, 5.41) is 6.52. The van der Waals surface area contributed by atoms with Gasteiger partial charge in [0.15, 0.2) is 0 Å². The summed E-state index contributed by atoms with van der Waals surface area (Å²) in [6, 6.07) is 8.96. The van der Waals surface area contributed by atoms with Crippen LogP contribution in [0.25, 0.3) is 0 Å². The first-order valence-electron chi connectivity index (χ1n) is 8.06. The largest absolute Gasteiger partial charge is 0.353 e. The Labute approximate surface area is 151 Å². The van der Waals surface area contributed by atoms with E-state index in [1.807, 2.05) is 6.92 Å². The molecule has 4 nitrogen and oxygen atoms in total. The van der Waals surface area contributed by atoms with E-state index >= 15 is 0 Å². The van der Waals surface area contributed by atoms with E-state index in [2.05, 4.69) is 39.8 Å². The molecule has 2 heterocycles. The van der Waals surface area contributed by atoms with Crippen LogP contribution in [0.4, 0.5) is 0 Å². The van der Waals surface area contributed by atoms with Crippen molar-refractivity contribution in [1.82, 2.24) is 15.5 Å². The van der Waals surface area contributed by atoms with E-state index < -0.39 is 0 Å². The Hall–Kier alpha value is -0.810. The average molecular weight is 360 g/mol. The van der Waals surface area contributed by atoms with Crippen molar-refractivity contribution in [3.63, 3.8) is 0 Å². The molecule has 6 heteroatoms. The zero-order valence-electron chi connectivity index (χ0n) is 13.6. The number of carbonyl (C=O) groups excluding carboxylic acids is 1. The van der Waals surface area contributed by atoms with Crippen LogP contribution in [-0.2, 0) is 17.8 Å². The highest BCUT2D eigenvalue weighted by atomic mass is 35.5. The first-order valence-corrected chi connectivity index (χ1v) is 8.06. The lowest BCUT2D eigenvalue weighted by molar-refractivity contribution is -0.126. The minimum Gasteiger partial charge on any atom is -0.353 e. The Balaban J connectivity index is 0.00000132. The second kappa shape index (κ2) is 9.48. The predicted octanol–water partition coefficient (Wildman–Crippen LogP) is 2.15. The molecule has 1 fully saturated rings. The molecule has 2 N–H and O–H groups in total. The summed E-state index contributed by atoms with van der Waals surface area (Å²) < 4.78 is 0. The molecule has 0 saturated carbocycles. The van der Waals surface area contributed by atoms with E-state index in [1.165, 1.54) is 24.0 Å². The van der Waals surface area contributed by atoms with Crippen LogP contribution in [-0.4, -0.2) is 42.5 Å². The highest BCUT2D eigenvalue weighted by molar-refractivity contribution is 5.85. The van der Waals surface area contributed by atoms with Crippen molar-refractivity contribution in [1.29, 1.82) is 0 Å². The van der Waals surface area contributed by atoms with Crippen LogP contribution in [0.5, 0.6) is 0 Å². The molecule has 0 spiro atoms. The molecule has 2 unspecified atom stereocenters. The van der Waals surface area contributed by atoms with Gasteiger partial charge in [-0.2, -0.15) is 0 Å². The number of hydrogen-bond acceptors (Lipinski definition) is 3. The number of nitrogens with one attached hydrogen (secondary N) is 2. The molecule has 0 bridgehead atoms. The highest BCUT2D eigenvalue weighted by Crippen LogP contribution is 2.20. The number of fused-ring (bicyclic) bond motifs is 1. The lowest BCUT2D eigenvalue weighted by Gasteiger charge is -2.33. The number of nitrogens with zero attached hydrogens (tertiary/aromatic N) is 1. The zero-order chi connectivity index (χ0) is 14.7. The van der Waals surface area contributed by atoms with Gasteiger partial charge in [0.1, 0.15) is 0 Å². The molecule has 2 atom stereocenters. The van der Waals surface area contributed by atoms with E-state index in [0.717, 1.165) is 32.6 Å². The lowest BCUT2D eigenvalue weighted by Crippen LogP contribution is -2.49. The molecule has 1 aromatic carbocycles. The van der Waals surface area contributed by atoms with Crippen LogP contribution in [0.3, 0.4) is 0 Å². The van der Waals surface area contributed by atoms with Gasteiger partial charge in [-0.15, -0.1) is 24.8 Å². The number of hydrogen-bond donors (Lipinski definition) is 2. The fourth-order valence-corrected chi connectivity index (χ4v) is 3.32. The third-order valence-corrected chi connectivity index (χ3v) is 4.77. The van der Waals surface area contributed by atoms with E-state index in [0.29, 0.717) is 6.04 Å². The summed E-state index contributed by atoms with van der Waals surface area (Å²) in [6.45, 7) is 5.71. The quantitative estimate of drug-likeness (QED) is 0.865. The minimum absolute atomic E-state index is 0. The Morgan fingerprint density at radius 1 is 1.35 bits per heavy atom. The van der Waals surface area contributed by atoms with Crippen LogP contribution in [0, 0.1) is 0 Å². The standard InChI is InChI=1S/C17H25N3O.2ClH/c1-13(17(21)19-11-16-7-4-9-18-16)20-10-8-14-5-2-3-6-15(14)12-20;;/h2-3,5-6,13,16,18H,4,7-12H2,1H3,(H,19,21);2*1H. The molecule has 2 aliphatic heterocycles. The second-order valence-corrected chi connectivity index (χ2v) is 6.20. The molecule has 23 heavy (non-hydrogen) atoms. The topological polar surface area (TPSA) is 44.4 Å². The maximum atomic E-state index is 12.3. The number of rotatable bonds is 4. The van der Waals surface area contributed by atoms with Crippen molar-refractivity contribution >= 4 is 30.7 Å². The molecule has 0 aliphatic carbocycles. The summed E-state index contributed by atoms with van der Waals surface area (Å²) in [4.78, 5) is 14.6. The Morgan fingerprint density at radius 3 is 2.78 bits per heavy atom. The molecular weight excluding hydrogens is 333 g/mol. The summed E-state index contributed by atoms with van der Waals surface area (Å²) in [5.41, 5.74) is 2.79. The van der Waals surface area contributed by atoms with Crippen LogP contribution >= 0.6 is 24.8 Å². The Morgan fingerprint density at radius 2 is 2.09 bits per heavy atom. The van der Waals surface area contributed by atoms with Gasteiger partial charge in [0.25, 0.3) is 0 Å². The van der Waals surface area contributed by atoms with Gasteiger partial charge in [0.05, 0.1) is 6.04 Å². The molecule has 0 radical (unpaired) electrons. The fraction of sp³-hybridized carbons (Fsp3) is 0.588. The van der Waals surface area contributed by atoms with Crippen molar-refractivity contribution in [2.75, 3.05) is 19.6 Å². The van der Waals surface area contributed by atoms with Crippen LogP contribution in [0.15, 0.2) is 24.3 Å². The van der Waals surface area contributed by atoms with Gasteiger partial charge in [-0.25, -0.2) is 0 Å². The zero-order valence-corrected chi connectivity index (χ0v) is 15.2. The lowest BCUT2D eigenvalue weighted by atomic mass is 9.99. The van der Waals surface area contributed by atoms with E-state index in [1.54, 1.807) is 0 Å². The van der Waals surface area contributed by atoms with Gasteiger partial charge in [-0.3, -0.25) is 9.69 Å². The molecule has 1 aromatic rings. The smallest absolute Gasteiger partial charge is 0.237 e. The Bertz CT molecular complexity index is 506. The maximum absolute atomic E-state index is 12.3.